The fraction of sp³-hybridized carbons (Fsp3) is 0.263. The van der Waals surface area contributed by atoms with Gasteiger partial charge in [-0.2, -0.15) is 5.26 Å². The largest absolute Gasteiger partial charge is 0.316 e. The summed E-state index contributed by atoms with van der Waals surface area (Å²) >= 11 is 2.89. The van der Waals surface area contributed by atoms with Gasteiger partial charge in [0.2, 0.25) is 11.7 Å². The van der Waals surface area contributed by atoms with Gasteiger partial charge in [0.25, 0.3) is 0 Å². The van der Waals surface area contributed by atoms with E-state index in [4.69, 9.17) is 0 Å². The maximum Gasteiger partial charge on any atom is 0.235 e. The molecule has 7 nitrogen and oxygen atoms in total. The Morgan fingerprint density at radius 1 is 1.36 bits per heavy atom. The van der Waals surface area contributed by atoms with Gasteiger partial charge in [-0.15, -0.1) is 16.4 Å². The first-order valence-electron chi connectivity index (χ1n) is 9.03. The number of hydrogen-bond acceptors (Lipinski definition) is 6. The van der Waals surface area contributed by atoms with Crippen LogP contribution in [0.15, 0.2) is 29.4 Å². The molecule has 1 aliphatic carbocycles. The number of anilines is 1. The second-order valence-electron chi connectivity index (χ2n) is 6.63. The zero-order valence-corrected chi connectivity index (χ0v) is 16.5. The third kappa shape index (κ3) is 2.85. The first kappa shape index (κ1) is 17.3. The van der Waals surface area contributed by atoms with Crippen LogP contribution in [-0.2, 0) is 17.6 Å². The lowest BCUT2D eigenvalue weighted by molar-refractivity contribution is -0.113. The molecule has 1 aromatic carbocycles. The van der Waals surface area contributed by atoms with Crippen molar-refractivity contribution in [3.8, 4) is 6.07 Å². The number of amides is 1. The van der Waals surface area contributed by atoms with Crippen LogP contribution in [0.2, 0.25) is 0 Å². The van der Waals surface area contributed by atoms with Crippen molar-refractivity contribution in [2.75, 3.05) is 11.1 Å². The fourth-order valence-corrected chi connectivity index (χ4v) is 5.62. The molecular formula is C19H16N6OS2. The quantitative estimate of drug-likeness (QED) is 0.501. The first-order valence-corrected chi connectivity index (χ1v) is 10.8. The Bertz CT molecular complexity index is 1240. The number of thiophene rings is 1. The standard InChI is InChI=1S/C19H16N6OS2/c20-9-12-11-5-1-4-8-15(11)28-17(12)22-16(26)10-27-19-24-23-18-21-13-6-2-3-7-14(13)25(18)19/h2-3,6-7H,1,4-5,8,10H2,(H,21,23)(H,22,26). The number of carbonyl (C=O) groups is 1. The molecule has 0 saturated heterocycles. The minimum atomic E-state index is -0.138. The monoisotopic (exact) mass is 408 g/mol. The van der Waals surface area contributed by atoms with Crippen LogP contribution in [0.5, 0.6) is 0 Å². The van der Waals surface area contributed by atoms with Crippen molar-refractivity contribution in [3.63, 3.8) is 0 Å². The van der Waals surface area contributed by atoms with E-state index >= 15 is 0 Å². The third-order valence-electron chi connectivity index (χ3n) is 4.87. The zero-order chi connectivity index (χ0) is 19.1. The van der Waals surface area contributed by atoms with E-state index in [-0.39, 0.29) is 11.7 Å². The second kappa shape index (κ2) is 6.96. The number of hydrogen-bond donors (Lipinski definition) is 2. The SMILES string of the molecule is N#Cc1c(NC(=O)CSc2n[nH]c3nc4ccccc4n23)sc2c1CCCC2. The Morgan fingerprint density at radius 2 is 2.21 bits per heavy atom. The van der Waals surface area contributed by atoms with Crippen LogP contribution < -0.4 is 5.32 Å². The highest BCUT2D eigenvalue weighted by atomic mass is 32.2. The number of imidazole rings is 1. The summed E-state index contributed by atoms with van der Waals surface area (Å²) in [5.74, 6) is 0.724. The van der Waals surface area contributed by atoms with Gasteiger partial charge in [0.1, 0.15) is 11.1 Å². The molecule has 28 heavy (non-hydrogen) atoms. The van der Waals surface area contributed by atoms with Crippen molar-refractivity contribution in [1.29, 1.82) is 5.26 Å². The van der Waals surface area contributed by atoms with Crippen LogP contribution in [0, 0.1) is 11.3 Å². The molecule has 4 aromatic rings. The van der Waals surface area contributed by atoms with Crippen LogP contribution in [0.3, 0.4) is 0 Å². The number of H-pyrrole nitrogens is 1. The van der Waals surface area contributed by atoms with Gasteiger partial charge in [0.05, 0.1) is 22.3 Å². The topological polar surface area (TPSA) is 98.9 Å². The normalized spacial score (nSPS) is 13.5. The summed E-state index contributed by atoms with van der Waals surface area (Å²) < 4.78 is 1.91. The van der Waals surface area contributed by atoms with E-state index in [1.165, 1.54) is 16.6 Å². The Hall–Kier alpha value is -2.83. The molecule has 1 amide bonds. The van der Waals surface area contributed by atoms with Gasteiger partial charge >= 0.3 is 0 Å². The highest BCUT2D eigenvalue weighted by Gasteiger charge is 2.22. The van der Waals surface area contributed by atoms with E-state index in [2.05, 4.69) is 26.6 Å². The summed E-state index contributed by atoms with van der Waals surface area (Å²) in [5, 5.41) is 21.0. The summed E-state index contributed by atoms with van der Waals surface area (Å²) in [5.41, 5.74) is 3.60. The molecule has 0 fully saturated rings. The molecule has 9 heteroatoms. The average molecular weight is 409 g/mol. The van der Waals surface area contributed by atoms with Crippen LogP contribution in [-0.4, -0.2) is 31.2 Å². The first-order chi connectivity index (χ1) is 13.7. The van der Waals surface area contributed by atoms with Crippen molar-refractivity contribution in [2.24, 2.45) is 0 Å². The number of rotatable bonds is 4. The molecule has 0 saturated carbocycles. The van der Waals surface area contributed by atoms with E-state index in [1.54, 1.807) is 11.3 Å². The number of thioether (sulfide) groups is 1. The summed E-state index contributed by atoms with van der Waals surface area (Å²) in [4.78, 5) is 18.3. The molecule has 0 aliphatic heterocycles. The number of nitrogens with one attached hydrogen (secondary N) is 2. The highest BCUT2D eigenvalue weighted by Crippen LogP contribution is 2.37. The summed E-state index contributed by atoms with van der Waals surface area (Å²) in [6.45, 7) is 0. The number of carbonyl (C=O) groups excluding carboxylic acids is 1. The molecule has 140 valence electrons. The van der Waals surface area contributed by atoms with Crippen molar-refractivity contribution < 1.29 is 4.79 Å². The Balaban J connectivity index is 1.34. The van der Waals surface area contributed by atoms with Crippen LogP contribution >= 0.6 is 23.1 Å². The lowest BCUT2D eigenvalue weighted by Crippen LogP contribution is -2.14. The molecule has 0 spiro atoms. The molecule has 5 rings (SSSR count). The molecule has 0 unspecified atom stereocenters. The van der Waals surface area contributed by atoms with Crippen LogP contribution in [0.25, 0.3) is 16.8 Å². The lowest BCUT2D eigenvalue weighted by atomic mass is 9.96. The Kier molecular flexibility index (Phi) is 4.30. The number of nitrogens with zero attached hydrogens (tertiary/aromatic N) is 4. The minimum Gasteiger partial charge on any atom is -0.316 e. The number of benzene rings is 1. The molecule has 3 aromatic heterocycles. The van der Waals surface area contributed by atoms with E-state index in [0.717, 1.165) is 42.3 Å². The Labute approximate surface area is 168 Å². The van der Waals surface area contributed by atoms with Crippen LogP contribution in [0.1, 0.15) is 28.8 Å². The van der Waals surface area contributed by atoms with Gasteiger partial charge in [-0.1, -0.05) is 23.9 Å². The molecule has 2 N–H and O–H groups in total. The van der Waals surface area contributed by atoms with E-state index in [1.807, 2.05) is 28.7 Å². The van der Waals surface area contributed by atoms with Gasteiger partial charge in [0.15, 0.2) is 5.16 Å². The molecule has 0 atom stereocenters. The number of aryl methyl sites for hydroxylation is 1. The van der Waals surface area contributed by atoms with Crippen molar-refractivity contribution in [1.82, 2.24) is 19.6 Å². The summed E-state index contributed by atoms with van der Waals surface area (Å²) in [7, 11) is 0. The second-order valence-corrected chi connectivity index (χ2v) is 8.68. The van der Waals surface area contributed by atoms with Crippen LogP contribution in [0.4, 0.5) is 5.00 Å². The van der Waals surface area contributed by atoms with Gasteiger partial charge < -0.3 is 5.32 Å². The van der Waals surface area contributed by atoms with Crippen molar-refractivity contribution in [2.45, 2.75) is 30.8 Å². The smallest absolute Gasteiger partial charge is 0.235 e. The molecule has 0 bridgehead atoms. The maximum absolute atomic E-state index is 12.5. The number of nitriles is 1. The summed E-state index contributed by atoms with van der Waals surface area (Å²) in [6.07, 6.45) is 4.18. The summed E-state index contributed by atoms with van der Waals surface area (Å²) in [6, 6.07) is 10.1. The predicted molar refractivity (Wildman–Crippen MR) is 110 cm³/mol. The maximum atomic E-state index is 12.5. The van der Waals surface area contributed by atoms with E-state index in [0.29, 0.717) is 21.5 Å². The Morgan fingerprint density at radius 3 is 3.11 bits per heavy atom. The minimum absolute atomic E-state index is 0.138. The van der Waals surface area contributed by atoms with E-state index in [9.17, 15) is 10.1 Å². The molecular weight excluding hydrogens is 392 g/mol. The zero-order valence-electron chi connectivity index (χ0n) is 14.9. The molecule has 1 aliphatic rings. The molecule has 0 radical (unpaired) electrons. The highest BCUT2D eigenvalue weighted by molar-refractivity contribution is 7.99. The number of fused-ring (bicyclic) bond motifs is 4. The van der Waals surface area contributed by atoms with Gasteiger partial charge in [0, 0.05) is 4.88 Å². The fourth-order valence-electron chi connectivity index (χ4n) is 3.60. The number of para-hydroxylation sites is 2. The number of aromatic amines is 1. The van der Waals surface area contributed by atoms with E-state index < -0.39 is 0 Å². The van der Waals surface area contributed by atoms with Gasteiger partial charge in [-0.3, -0.25) is 9.20 Å². The van der Waals surface area contributed by atoms with Crippen molar-refractivity contribution in [3.05, 3.63) is 40.3 Å². The number of aromatic nitrogens is 4. The van der Waals surface area contributed by atoms with Gasteiger partial charge in [-0.05, 0) is 43.4 Å². The van der Waals surface area contributed by atoms with Gasteiger partial charge in [-0.25, -0.2) is 10.1 Å². The average Bonchev–Trinajstić information content (AvgIpc) is 3.37. The lowest BCUT2D eigenvalue weighted by Gasteiger charge is -2.09. The third-order valence-corrected chi connectivity index (χ3v) is 7.02. The molecule has 3 heterocycles. The van der Waals surface area contributed by atoms with Crippen molar-refractivity contribution >= 4 is 50.8 Å². The predicted octanol–water partition coefficient (Wildman–Crippen LogP) is 3.75.